The van der Waals surface area contributed by atoms with Gasteiger partial charge < -0.3 is 9.88 Å². The second-order valence-electron chi connectivity index (χ2n) is 5.91. The topological polar surface area (TPSA) is 73.1 Å². The van der Waals surface area contributed by atoms with E-state index in [1.807, 2.05) is 38.1 Å². The van der Waals surface area contributed by atoms with Crippen molar-refractivity contribution in [3.05, 3.63) is 68.5 Å². The zero-order valence-corrected chi connectivity index (χ0v) is 14.3. The number of benzene rings is 1. The highest BCUT2D eigenvalue weighted by atomic mass is 16.2. The standard InChI is InChI=1S/C18H23N3O3/c1-4-20-10-9-17(23)21(18(20)24)12-16(22)19-14(3)11-15-8-6-5-7-13(15)2/h5-10,14H,4,11-12H2,1-3H3,(H,19,22). The maximum atomic E-state index is 12.2. The fourth-order valence-electron chi connectivity index (χ4n) is 2.63. The van der Waals surface area contributed by atoms with Crippen molar-refractivity contribution in [3.63, 3.8) is 0 Å². The summed E-state index contributed by atoms with van der Waals surface area (Å²) in [5, 5.41) is 2.85. The molecule has 0 aliphatic rings. The molecule has 1 heterocycles. The molecule has 1 amide bonds. The number of rotatable bonds is 6. The SMILES string of the molecule is CCn1ccc(=O)n(CC(=O)NC(C)Cc2ccccc2C)c1=O. The molecule has 2 rings (SSSR count). The predicted molar refractivity (Wildman–Crippen MR) is 93.1 cm³/mol. The molecule has 6 nitrogen and oxygen atoms in total. The van der Waals surface area contributed by atoms with Crippen molar-refractivity contribution < 1.29 is 4.79 Å². The molecule has 1 N–H and O–H groups in total. The van der Waals surface area contributed by atoms with Gasteiger partial charge in [-0.05, 0) is 38.3 Å². The van der Waals surface area contributed by atoms with Crippen LogP contribution in [0.3, 0.4) is 0 Å². The first kappa shape index (κ1) is 17.7. The minimum absolute atomic E-state index is 0.0913. The van der Waals surface area contributed by atoms with Crippen molar-refractivity contribution in [1.29, 1.82) is 0 Å². The molecule has 0 aliphatic heterocycles. The fourth-order valence-corrected chi connectivity index (χ4v) is 2.63. The van der Waals surface area contributed by atoms with E-state index in [0.717, 1.165) is 10.1 Å². The lowest BCUT2D eigenvalue weighted by molar-refractivity contribution is -0.122. The van der Waals surface area contributed by atoms with Crippen LogP contribution in [0.2, 0.25) is 0 Å². The van der Waals surface area contributed by atoms with Gasteiger partial charge in [0.1, 0.15) is 6.54 Å². The summed E-state index contributed by atoms with van der Waals surface area (Å²) in [6.45, 7) is 5.92. The summed E-state index contributed by atoms with van der Waals surface area (Å²) in [5.41, 5.74) is 1.40. The third-order valence-electron chi connectivity index (χ3n) is 3.98. The Kier molecular flexibility index (Phi) is 5.73. The van der Waals surface area contributed by atoms with Gasteiger partial charge in [-0.15, -0.1) is 0 Å². The van der Waals surface area contributed by atoms with Crippen molar-refractivity contribution in [2.75, 3.05) is 0 Å². The van der Waals surface area contributed by atoms with E-state index in [2.05, 4.69) is 5.32 Å². The van der Waals surface area contributed by atoms with E-state index >= 15 is 0 Å². The molecular formula is C18H23N3O3. The highest BCUT2D eigenvalue weighted by molar-refractivity contribution is 5.76. The van der Waals surface area contributed by atoms with Gasteiger partial charge in [0.15, 0.2) is 0 Å². The predicted octanol–water partition coefficient (Wildman–Crippen LogP) is 1.09. The molecule has 0 saturated carbocycles. The van der Waals surface area contributed by atoms with Crippen LogP contribution in [0.25, 0.3) is 0 Å². The van der Waals surface area contributed by atoms with Crippen LogP contribution in [0, 0.1) is 6.92 Å². The Morgan fingerprint density at radius 2 is 1.92 bits per heavy atom. The Labute approximate surface area is 140 Å². The van der Waals surface area contributed by atoms with Gasteiger partial charge in [0, 0.05) is 24.8 Å². The summed E-state index contributed by atoms with van der Waals surface area (Å²) in [4.78, 5) is 36.1. The Balaban J connectivity index is 2.05. The highest BCUT2D eigenvalue weighted by Crippen LogP contribution is 2.09. The number of carbonyl (C=O) groups is 1. The van der Waals surface area contributed by atoms with Gasteiger partial charge in [0.05, 0.1) is 0 Å². The third kappa shape index (κ3) is 4.22. The number of hydrogen-bond donors (Lipinski definition) is 1. The number of aryl methyl sites for hydroxylation is 2. The number of aromatic nitrogens is 2. The molecular weight excluding hydrogens is 306 g/mol. The second-order valence-corrected chi connectivity index (χ2v) is 5.91. The van der Waals surface area contributed by atoms with Crippen LogP contribution in [0.15, 0.2) is 46.1 Å². The summed E-state index contributed by atoms with van der Waals surface area (Å²) in [6.07, 6.45) is 2.14. The molecule has 24 heavy (non-hydrogen) atoms. The van der Waals surface area contributed by atoms with E-state index in [4.69, 9.17) is 0 Å². The Bertz CT molecular complexity index is 836. The van der Waals surface area contributed by atoms with Crippen LogP contribution in [0.5, 0.6) is 0 Å². The number of nitrogens with zero attached hydrogens (tertiary/aromatic N) is 2. The molecule has 1 unspecified atom stereocenters. The van der Waals surface area contributed by atoms with Gasteiger partial charge in [-0.2, -0.15) is 0 Å². The molecule has 128 valence electrons. The highest BCUT2D eigenvalue weighted by Gasteiger charge is 2.13. The molecule has 0 radical (unpaired) electrons. The van der Waals surface area contributed by atoms with Crippen LogP contribution >= 0.6 is 0 Å². The van der Waals surface area contributed by atoms with E-state index in [1.165, 1.54) is 22.4 Å². The van der Waals surface area contributed by atoms with Crippen LogP contribution in [0.1, 0.15) is 25.0 Å². The quantitative estimate of drug-likeness (QED) is 0.862. The largest absolute Gasteiger partial charge is 0.352 e. The lowest BCUT2D eigenvalue weighted by atomic mass is 10.0. The van der Waals surface area contributed by atoms with Gasteiger partial charge in [0.2, 0.25) is 5.91 Å². The summed E-state index contributed by atoms with van der Waals surface area (Å²) >= 11 is 0. The van der Waals surface area contributed by atoms with E-state index in [9.17, 15) is 14.4 Å². The Morgan fingerprint density at radius 1 is 1.21 bits per heavy atom. The monoisotopic (exact) mass is 329 g/mol. The first-order chi connectivity index (χ1) is 11.4. The van der Waals surface area contributed by atoms with E-state index in [0.29, 0.717) is 13.0 Å². The first-order valence-electron chi connectivity index (χ1n) is 8.06. The van der Waals surface area contributed by atoms with E-state index < -0.39 is 11.2 Å². The van der Waals surface area contributed by atoms with Crippen LogP contribution in [-0.2, 0) is 24.3 Å². The number of carbonyl (C=O) groups excluding carboxylic acids is 1. The average Bonchev–Trinajstić information content (AvgIpc) is 2.53. The zero-order chi connectivity index (χ0) is 17.7. The van der Waals surface area contributed by atoms with Crippen LogP contribution < -0.4 is 16.6 Å². The summed E-state index contributed by atoms with van der Waals surface area (Å²) < 4.78 is 2.35. The van der Waals surface area contributed by atoms with Crippen LogP contribution in [-0.4, -0.2) is 21.1 Å². The summed E-state index contributed by atoms with van der Waals surface area (Å²) in [6, 6.07) is 9.21. The fraction of sp³-hybridized carbons (Fsp3) is 0.389. The molecule has 0 bridgehead atoms. The molecule has 1 aromatic carbocycles. The van der Waals surface area contributed by atoms with Gasteiger partial charge in [-0.1, -0.05) is 24.3 Å². The average molecular weight is 329 g/mol. The summed E-state index contributed by atoms with van der Waals surface area (Å²) in [7, 11) is 0. The first-order valence-corrected chi connectivity index (χ1v) is 8.06. The van der Waals surface area contributed by atoms with Gasteiger partial charge >= 0.3 is 5.69 Å². The molecule has 1 atom stereocenters. The lowest BCUT2D eigenvalue weighted by Crippen LogP contribution is -2.44. The van der Waals surface area contributed by atoms with Crippen LogP contribution in [0.4, 0.5) is 0 Å². The van der Waals surface area contributed by atoms with Gasteiger partial charge in [-0.3, -0.25) is 14.2 Å². The maximum absolute atomic E-state index is 12.2. The lowest BCUT2D eigenvalue weighted by Gasteiger charge is -2.16. The maximum Gasteiger partial charge on any atom is 0.331 e. The molecule has 0 aliphatic carbocycles. The van der Waals surface area contributed by atoms with Crippen molar-refractivity contribution >= 4 is 5.91 Å². The molecule has 0 saturated heterocycles. The number of nitrogens with one attached hydrogen (secondary N) is 1. The molecule has 0 spiro atoms. The molecule has 2 aromatic rings. The zero-order valence-electron chi connectivity index (χ0n) is 14.3. The number of amides is 1. The van der Waals surface area contributed by atoms with Crippen molar-refractivity contribution in [3.8, 4) is 0 Å². The van der Waals surface area contributed by atoms with Crippen molar-refractivity contribution in [1.82, 2.24) is 14.5 Å². The Hall–Kier alpha value is -2.63. The third-order valence-corrected chi connectivity index (χ3v) is 3.98. The second kappa shape index (κ2) is 7.77. The van der Waals surface area contributed by atoms with Gasteiger partial charge in [0.25, 0.3) is 5.56 Å². The normalized spacial score (nSPS) is 12.0. The Morgan fingerprint density at radius 3 is 2.58 bits per heavy atom. The van der Waals surface area contributed by atoms with Crippen molar-refractivity contribution in [2.45, 2.75) is 46.3 Å². The number of hydrogen-bond acceptors (Lipinski definition) is 3. The minimum atomic E-state index is -0.466. The molecule has 6 heteroatoms. The van der Waals surface area contributed by atoms with E-state index in [-0.39, 0.29) is 18.5 Å². The smallest absolute Gasteiger partial charge is 0.331 e. The minimum Gasteiger partial charge on any atom is -0.352 e. The molecule has 0 fully saturated rings. The molecule has 1 aromatic heterocycles. The van der Waals surface area contributed by atoms with E-state index in [1.54, 1.807) is 6.92 Å². The summed E-state index contributed by atoms with van der Waals surface area (Å²) in [5.74, 6) is -0.343. The van der Waals surface area contributed by atoms with Crippen molar-refractivity contribution in [2.24, 2.45) is 0 Å². The van der Waals surface area contributed by atoms with Gasteiger partial charge in [-0.25, -0.2) is 4.79 Å².